The number of anilines is 1. The molecule has 0 saturated carbocycles. The van der Waals surface area contributed by atoms with Crippen LogP contribution in [0.5, 0.6) is 0 Å². The van der Waals surface area contributed by atoms with Gasteiger partial charge in [-0.05, 0) is 42.2 Å². The zero-order valence-electron chi connectivity index (χ0n) is 15.1. The van der Waals surface area contributed by atoms with E-state index in [0.717, 1.165) is 5.56 Å². The fourth-order valence-electron chi connectivity index (χ4n) is 2.40. The summed E-state index contributed by atoms with van der Waals surface area (Å²) in [5.41, 5.74) is 1.58. The first-order chi connectivity index (χ1) is 12.5. The number of nitrogens with one attached hydrogen (secondary N) is 2. The van der Waals surface area contributed by atoms with Gasteiger partial charge in [-0.2, -0.15) is 0 Å². The van der Waals surface area contributed by atoms with E-state index in [1.807, 2.05) is 18.2 Å². The minimum Gasteiger partial charge on any atom is -0.347 e. The number of rotatable bonds is 6. The highest BCUT2D eigenvalue weighted by Gasteiger charge is 2.09. The maximum Gasteiger partial charge on any atom is 0.243 e. The number of nitrogens with zero attached hydrogens (tertiary/aromatic N) is 2. The van der Waals surface area contributed by atoms with Gasteiger partial charge in [-0.1, -0.05) is 18.2 Å². The highest BCUT2D eigenvalue weighted by molar-refractivity contribution is 7.98. The third-order valence-corrected chi connectivity index (χ3v) is 4.41. The van der Waals surface area contributed by atoms with Crippen molar-refractivity contribution >= 4 is 29.3 Å². The van der Waals surface area contributed by atoms with Crippen molar-refractivity contribution in [3.8, 4) is 0 Å². The molecule has 0 radical (unpaired) electrons. The summed E-state index contributed by atoms with van der Waals surface area (Å²) < 4.78 is 13.2. The largest absolute Gasteiger partial charge is 0.347 e. The maximum atomic E-state index is 13.2. The molecular formula is C19H23FN4OS. The van der Waals surface area contributed by atoms with E-state index < -0.39 is 5.82 Å². The second-order valence-corrected chi connectivity index (χ2v) is 6.54. The number of carbonyl (C=O) groups is 1. The van der Waals surface area contributed by atoms with Crippen LogP contribution in [0.2, 0.25) is 0 Å². The molecule has 0 atom stereocenters. The normalized spacial score (nSPS) is 11.2. The molecule has 0 heterocycles. The van der Waals surface area contributed by atoms with Gasteiger partial charge in [0.1, 0.15) is 5.82 Å². The number of hydrogen-bond acceptors (Lipinski definition) is 3. The van der Waals surface area contributed by atoms with E-state index in [0.29, 0.717) is 18.2 Å². The minimum absolute atomic E-state index is 0.0406. The zero-order valence-corrected chi connectivity index (χ0v) is 15.9. The fourth-order valence-corrected chi connectivity index (χ4v) is 2.80. The molecular weight excluding hydrogens is 351 g/mol. The molecule has 26 heavy (non-hydrogen) atoms. The Hall–Kier alpha value is -2.54. The van der Waals surface area contributed by atoms with Gasteiger partial charge in [0.15, 0.2) is 5.96 Å². The molecule has 5 nitrogen and oxygen atoms in total. The van der Waals surface area contributed by atoms with Crippen molar-refractivity contribution in [2.24, 2.45) is 4.99 Å². The second kappa shape index (κ2) is 9.82. The first-order valence-corrected chi connectivity index (χ1v) is 9.34. The van der Waals surface area contributed by atoms with Crippen molar-refractivity contribution in [3.05, 3.63) is 59.9 Å². The molecule has 0 aliphatic rings. The van der Waals surface area contributed by atoms with Crippen LogP contribution in [0.4, 0.5) is 10.1 Å². The Morgan fingerprint density at radius 3 is 2.58 bits per heavy atom. The van der Waals surface area contributed by atoms with Gasteiger partial charge < -0.3 is 15.5 Å². The quantitative estimate of drug-likeness (QED) is 0.463. The SMILES string of the molecule is CN=C(NCC(=O)Nc1cccc(F)c1)N(C)Cc1ccc(SC)cc1. The van der Waals surface area contributed by atoms with Gasteiger partial charge in [0.25, 0.3) is 0 Å². The molecule has 138 valence electrons. The van der Waals surface area contributed by atoms with Crippen LogP contribution in [0.3, 0.4) is 0 Å². The van der Waals surface area contributed by atoms with Crippen LogP contribution in [0.15, 0.2) is 58.4 Å². The summed E-state index contributed by atoms with van der Waals surface area (Å²) in [7, 11) is 3.57. The summed E-state index contributed by atoms with van der Waals surface area (Å²) in [5.74, 6) is -0.0541. The van der Waals surface area contributed by atoms with Gasteiger partial charge >= 0.3 is 0 Å². The number of guanidine groups is 1. The van der Waals surface area contributed by atoms with Gasteiger partial charge in [0.05, 0.1) is 6.54 Å². The Bertz CT molecular complexity index is 764. The summed E-state index contributed by atoms with van der Waals surface area (Å²) >= 11 is 1.70. The highest BCUT2D eigenvalue weighted by Crippen LogP contribution is 2.15. The van der Waals surface area contributed by atoms with Crippen LogP contribution in [0.25, 0.3) is 0 Å². The topological polar surface area (TPSA) is 56.7 Å². The number of amides is 1. The highest BCUT2D eigenvalue weighted by atomic mass is 32.2. The third-order valence-electron chi connectivity index (χ3n) is 3.67. The van der Waals surface area contributed by atoms with Crippen molar-refractivity contribution in [3.63, 3.8) is 0 Å². The first-order valence-electron chi connectivity index (χ1n) is 8.12. The van der Waals surface area contributed by atoms with Crippen LogP contribution in [0, 0.1) is 5.82 Å². The Morgan fingerprint density at radius 1 is 1.23 bits per heavy atom. The zero-order chi connectivity index (χ0) is 18.9. The number of halogens is 1. The van der Waals surface area contributed by atoms with E-state index in [2.05, 4.69) is 39.9 Å². The average Bonchev–Trinajstić information content (AvgIpc) is 2.63. The lowest BCUT2D eigenvalue weighted by Gasteiger charge is -2.22. The van der Waals surface area contributed by atoms with Crippen molar-refractivity contribution in [1.82, 2.24) is 10.2 Å². The number of aliphatic imine (C=N–C) groups is 1. The molecule has 1 amide bonds. The number of benzene rings is 2. The molecule has 0 aliphatic heterocycles. The monoisotopic (exact) mass is 374 g/mol. The van der Waals surface area contributed by atoms with Crippen molar-refractivity contribution in [2.75, 3.05) is 32.2 Å². The molecule has 2 aromatic carbocycles. The van der Waals surface area contributed by atoms with Crippen LogP contribution in [-0.4, -0.2) is 43.7 Å². The van der Waals surface area contributed by atoms with Gasteiger partial charge in [0, 0.05) is 31.2 Å². The standard InChI is InChI=1S/C19H23FN4OS/c1-21-19(24(2)13-14-7-9-17(26-3)10-8-14)22-12-18(25)23-16-6-4-5-15(20)11-16/h4-11H,12-13H2,1-3H3,(H,21,22)(H,23,25). The van der Waals surface area contributed by atoms with Gasteiger partial charge in [-0.25, -0.2) is 4.39 Å². The summed E-state index contributed by atoms with van der Waals surface area (Å²) in [6.07, 6.45) is 2.04. The fraction of sp³-hybridized carbons (Fsp3) is 0.263. The van der Waals surface area contributed by atoms with E-state index in [4.69, 9.17) is 0 Å². The van der Waals surface area contributed by atoms with Gasteiger partial charge in [-0.3, -0.25) is 9.79 Å². The molecule has 0 saturated heterocycles. The lowest BCUT2D eigenvalue weighted by atomic mass is 10.2. The van der Waals surface area contributed by atoms with Crippen LogP contribution >= 0.6 is 11.8 Å². The lowest BCUT2D eigenvalue weighted by Crippen LogP contribution is -2.42. The van der Waals surface area contributed by atoms with Gasteiger partial charge in [-0.15, -0.1) is 11.8 Å². The first kappa shape index (κ1) is 19.8. The molecule has 2 N–H and O–H groups in total. The summed E-state index contributed by atoms with van der Waals surface area (Å²) in [4.78, 5) is 19.4. The molecule has 2 rings (SSSR count). The number of hydrogen-bond donors (Lipinski definition) is 2. The molecule has 0 bridgehead atoms. The maximum absolute atomic E-state index is 13.2. The smallest absolute Gasteiger partial charge is 0.243 e. The molecule has 7 heteroatoms. The van der Waals surface area contributed by atoms with Crippen LogP contribution in [-0.2, 0) is 11.3 Å². The minimum atomic E-state index is -0.390. The molecule has 0 unspecified atom stereocenters. The second-order valence-electron chi connectivity index (χ2n) is 5.66. The molecule has 0 spiro atoms. The van der Waals surface area contributed by atoms with Crippen molar-refractivity contribution in [2.45, 2.75) is 11.4 Å². The third kappa shape index (κ3) is 6.07. The summed E-state index contributed by atoms with van der Waals surface area (Å²) in [5, 5.41) is 5.66. The summed E-state index contributed by atoms with van der Waals surface area (Å²) in [6.45, 7) is 0.707. The Balaban J connectivity index is 1.86. The van der Waals surface area contributed by atoms with E-state index in [-0.39, 0.29) is 12.5 Å². The Labute approximate surface area is 157 Å². The number of carbonyl (C=O) groups excluding carboxylic acids is 1. The van der Waals surface area contributed by atoms with Crippen molar-refractivity contribution < 1.29 is 9.18 Å². The Morgan fingerprint density at radius 2 is 1.96 bits per heavy atom. The van der Waals surface area contributed by atoms with E-state index in [1.54, 1.807) is 30.9 Å². The van der Waals surface area contributed by atoms with Crippen LogP contribution in [0.1, 0.15) is 5.56 Å². The molecule has 2 aromatic rings. The average molecular weight is 374 g/mol. The molecule has 0 aromatic heterocycles. The molecule has 0 aliphatic carbocycles. The summed E-state index contributed by atoms with van der Waals surface area (Å²) in [6, 6.07) is 14.1. The van der Waals surface area contributed by atoms with Crippen molar-refractivity contribution in [1.29, 1.82) is 0 Å². The van der Waals surface area contributed by atoms with Gasteiger partial charge in [0.2, 0.25) is 5.91 Å². The molecule has 0 fully saturated rings. The lowest BCUT2D eigenvalue weighted by molar-refractivity contribution is -0.115. The predicted octanol–water partition coefficient (Wildman–Crippen LogP) is 3.19. The Kier molecular flexibility index (Phi) is 7.47. The van der Waals surface area contributed by atoms with E-state index in [9.17, 15) is 9.18 Å². The van der Waals surface area contributed by atoms with Crippen LogP contribution < -0.4 is 10.6 Å². The predicted molar refractivity (Wildman–Crippen MR) is 106 cm³/mol. The van der Waals surface area contributed by atoms with E-state index in [1.165, 1.54) is 17.0 Å². The number of thioether (sulfide) groups is 1. The van der Waals surface area contributed by atoms with E-state index >= 15 is 0 Å².